The van der Waals surface area contributed by atoms with Crippen LogP contribution in [-0.2, 0) is 6.18 Å². The second-order valence-corrected chi connectivity index (χ2v) is 6.34. The largest absolute Gasteiger partial charge is 0.416 e. The van der Waals surface area contributed by atoms with E-state index >= 15 is 0 Å². The average molecular weight is 337 g/mol. The van der Waals surface area contributed by atoms with Crippen molar-refractivity contribution in [3.8, 4) is 0 Å². The van der Waals surface area contributed by atoms with Gasteiger partial charge in [0.15, 0.2) is 0 Å². The molecule has 0 saturated heterocycles. The normalized spacial score (nSPS) is 11.9. The maximum atomic E-state index is 12.5. The summed E-state index contributed by atoms with van der Waals surface area (Å²) in [6, 6.07) is 7.42. The summed E-state index contributed by atoms with van der Waals surface area (Å²) in [4.78, 5) is 16.2. The summed E-state index contributed by atoms with van der Waals surface area (Å²) in [7, 11) is 0. The van der Waals surface area contributed by atoms with E-state index in [2.05, 4.69) is 15.6 Å². The highest BCUT2D eigenvalue weighted by Gasteiger charge is 2.30. The van der Waals surface area contributed by atoms with E-state index in [1.165, 1.54) is 6.20 Å². The molecule has 1 heterocycles. The number of nitrogens with zero attached hydrogens (tertiary/aromatic N) is 1. The first kappa shape index (κ1) is 17.8. The maximum Gasteiger partial charge on any atom is 0.416 e. The van der Waals surface area contributed by atoms with Crippen LogP contribution in [0.3, 0.4) is 0 Å². The Balaban J connectivity index is 2.04. The second kappa shape index (κ2) is 6.51. The Bertz CT molecular complexity index is 702. The zero-order chi connectivity index (χ0) is 18.0. The zero-order valence-electron chi connectivity index (χ0n) is 13.5. The molecule has 128 valence electrons. The molecule has 24 heavy (non-hydrogen) atoms. The van der Waals surface area contributed by atoms with E-state index in [0.717, 1.165) is 24.3 Å². The Morgan fingerprint density at radius 3 is 2.08 bits per heavy atom. The lowest BCUT2D eigenvalue weighted by molar-refractivity contribution is -0.137. The molecule has 1 amide bonds. The van der Waals surface area contributed by atoms with Crippen molar-refractivity contribution in [1.29, 1.82) is 0 Å². The number of amides is 1. The van der Waals surface area contributed by atoms with Gasteiger partial charge < -0.3 is 10.6 Å². The molecule has 2 aromatic rings. The Morgan fingerprint density at radius 1 is 1.00 bits per heavy atom. The minimum absolute atomic E-state index is 0.139. The lowest BCUT2D eigenvalue weighted by Gasteiger charge is -2.21. The fourth-order valence-electron chi connectivity index (χ4n) is 1.94. The van der Waals surface area contributed by atoms with Gasteiger partial charge in [0.05, 0.1) is 17.4 Å². The number of hydrogen-bond donors (Lipinski definition) is 2. The van der Waals surface area contributed by atoms with Gasteiger partial charge in [-0.25, -0.2) is 4.98 Å². The molecule has 0 atom stereocenters. The van der Waals surface area contributed by atoms with Crippen molar-refractivity contribution >= 4 is 17.4 Å². The fourth-order valence-corrected chi connectivity index (χ4v) is 1.94. The standard InChI is InChI=1S/C17H18F3N3O/c1-16(2,3)23-14-9-8-13(10-21-14)22-15(24)11-4-6-12(7-5-11)17(18,19)20/h4-10H,1-3H3,(H,21,23)(H,22,24). The first-order valence-corrected chi connectivity index (χ1v) is 7.27. The van der Waals surface area contributed by atoms with Crippen molar-refractivity contribution in [2.24, 2.45) is 0 Å². The van der Waals surface area contributed by atoms with E-state index in [4.69, 9.17) is 0 Å². The summed E-state index contributed by atoms with van der Waals surface area (Å²) in [5.41, 5.74) is -0.338. The molecule has 0 saturated carbocycles. The summed E-state index contributed by atoms with van der Waals surface area (Å²) in [6.07, 6.45) is -2.94. The second-order valence-electron chi connectivity index (χ2n) is 6.34. The highest BCUT2D eigenvalue weighted by Crippen LogP contribution is 2.29. The number of carbonyl (C=O) groups is 1. The molecule has 0 spiro atoms. The van der Waals surface area contributed by atoms with Gasteiger partial charge in [-0.1, -0.05) is 0 Å². The molecule has 1 aromatic heterocycles. The number of nitrogens with one attached hydrogen (secondary N) is 2. The lowest BCUT2D eigenvalue weighted by atomic mass is 10.1. The van der Waals surface area contributed by atoms with E-state index in [0.29, 0.717) is 11.5 Å². The van der Waals surface area contributed by atoms with Crippen molar-refractivity contribution < 1.29 is 18.0 Å². The summed E-state index contributed by atoms with van der Waals surface area (Å²) in [5.74, 6) is 0.164. The van der Waals surface area contributed by atoms with Crippen LogP contribution in [0.1, 0.15) is 36.7 Å². The third kappa shape index (κ3) is 4.97. The summed E-state index contributed by atoms with van der Waals surface area (Å²) in [5, 5.41) is 5.78. The van der Waals surface area contributed by atoms with Gasteiger partial charge in [0.25, 0.3) is 5.91 Å². The van der Waals surface area contributed by atoms with Gasteiger partial charge in [-0.3, -0.25) is 4.79 Å². The van der Waals surface area contributed by atoms with Crippen molar-refractivity contribution in [2.75, 3.05) is 10.6 Å². The van der Waals surface area contributed by atoms with Gasteiger partial charge in [0, 0.05) is 11.1 Å². The number of aromatic nitrogens is 1. The average Bonchev–Trinajstić information content (AvgIpc) is 2.47. The molecule has 0 aliphatic carbocycles. The molecule has 0 aliphatic heterocycles. The number of benzene rings is 1. The molecule has 0 aliphatic rings. The topological polar surface area (TPSA) is 54.0 Å². The van der Waals surface area contributed by atoms with E-state index in [9.17, 15) is 18.0 Å². The van der Waals surface area contributed by atoms with Gasteiger partial charge >= 0.3 is 6.18 Å². The number of carbonyl (C=O) groups excluding carboxylic acids is 1. The van der Waals surface area contributed by atoms with Crippen molar-refractivity contribution in [1.82, 2.24) is 4.98 Å². The molecule has 0 bridgehead atoms. The summed E-state index contributed by atoms with van der Waals surface area (Å²) >= 11 is 0. The van der Waals surface area contributed by atoms with Crippen LogP contribution in [0, 0.1) is 0 Å². The van der Waals surface area contributed by atoms with Crippen LogP contribution < -0.4 is 10.6 Å². The van der Waals surface area contributed by atoms with Crippen LogP contribution in [0.5, 0.6) is 0 Å². The molecule has 4 nitrogen and oxygen atoms in total. The molecular formula is C17H18F3N3O. The van der Waals surface area contributed by atoms with Crippen LogP contribution in [-0.4, -0.2) is 16.4 Å². The van der Waals surface area contributed by atoms with Crippen LogP contribution in [0.4, 0.5) is 24.7 Å². The van der Waals surface area contributed by atoms with Gasteiger partial charge in [0.1, 0.15) is 5.82 Å². The molecule has 7 heteroatoms. The number of anilines is 2. The predicted molar refractivity (Wildman–Crippen MR) is 87.0 cm³/mol. The van der Waals surface area contributed by atoms with E-state index in [-0.39, 0.29) is 11.1 Å². The third-order valence-corrected chi connectivity index (χ3v) is 3.00. The first-order valence-electron chi connectivity index (χ1n) is 7.27. The Morgan fingerprint density at radius 2 is 1.62 bits per heavy atom. The molecule has 0 fully saturated rings. The number of rotatable bonds is 3. The molecule has 0 radical (unpaired) electrons. The van der Waals surface area contributed by atoms with E-state index in [1.807, 2.05) is 20.8 Å². The zero-order valence-corrected chi connectivity index (χ0v) is 13.5. The maximum absolute atomic E-state index is 12.5. The highest BCUT2D eigenvalue weighted by molar-refractivity contribution is 6.04. The van der Waals surface area contributed by atoms with Crippen LogP contribution in [0.25, 0.3) is 0 Å². The first-order chi connectivity index (χ1) is 11.0. The SMILES string of the molecule is CC(C)(C)Nc1ccc(NC(=O)c2ccc(C(F)(F)F)cc2)cn1. The van der Waals surface area contributed by atoms with E-state index in [1.54, 1.807) is 12.1 Å². The number of halogens is 3. The van der Waals surface area contributed by atoms with E-state index < -0.39 is 17.6 Å². The minimum atomic E-state index is -4.42. The Hall–Kier alpha value is -2.57. The minimum Gasteiger partial charge on any atom is -0.365 e. The van der Waals surface area contributed by atoms with Crippen molar-refractivity contribution in [3.05, 3.63) is 53.7 Å². The number of pyridine rings is 1. The molecule has 1 aromatic carbocycles. The molecule has 2 rings (SSSR count). The molecule has 2 N–H and O–H groups in total. The van der Waals surface area contributed by atoms with Gasteiger partial charge in [0.2, 0.25) is 0 Å². The van der Waals surface area contributed by atoms with Gasteiger partial charge in [-0.15, -0.1) is 0 Å². The Kier molecular flexibility index (Phi) is 4.82. The van der Waals surface area contributed by atoms with Crippen LogP contribution in [0.2, 0.25) is 0 Å². The summed E-state index contributed by atoms with van der Waals surface area (Å²) < 4.78 is 37.5. The Labute approximate surface area is 138 Å². The lowest BCUT2D eigenvalue weighted by Crippen LogP contribution is -2.26. The van der Waals surface area contributed by atoms with Crippen LogP contribution in [0.15, 0.2) is 42.6 Å². The predicted octanol–water partition coefficient (Wildman–Crippen LogP) is 4.56. The molecular weight excluding hydrogens is 319 g/mol. The van der Waals surface area contributed by atoms with Crippen LogP contribution >= 0.6 is 0 Å². The smallest absolute Gasteiger partial charge is 0.365 e. The van der Waals surface area contributed by atoms with Crippen molar-refractivity contribution in [2.45, 2.75) is 32.5 Å². The van der Waals surface area contributed by atoms with Crippen molar-refractivity contribution in [3.63, 3.8) is 0 Å². The fraction of sp³-hybridized carbons (Fsp3) is 0.294. The van der Waals surface area contributed by atoms with Gasteiger partial charge in [-0.05, 0) is 57.2 Å². The number of hydrogen-bond acceptors (Lipinski definition) is 3. The van der Waals surface area contributed by atoms with Gasteiger partial charge in [-0.2, -0.15) is 13.2 Å². The molecule has 0 unspecified atom stereocenters. The highest BCUT2D eigenvalue weighted by atomic mass is 19.4. The monoisotopic (exact) mass is 337 g/mol. The number of alkyl halides is 3. The third-order valence-electron chi connectivity index (χ3n) is 3.00. The quantitative estimate of drug-likeness (QED) is 0.863. The summed E-state index contributed by atoms with van der Waals surface area (Å²) in [6.45, 7) is 5.99.